The average molecular weight is 367 g/mol. The predicted molar refractivity (Wildman–Crippen MR) is 108 cm³/mol. The summed E-state index contributed by atoms with van der Waals surface area (Å²) in [5, 5.41) is 3.07. The van der Waals surface area contributed by atoms with E-state index in [1.807, 2.05) is 37.3 Å². The normalized spacial score (nSPS) is 22.4. The van der Waals surface area contributed by atoms with Gasteiger partial charge in [0.1, 0.15) is 0 Å². The fourth-order valence-corrected chi connectivity index (χ4v) is 3.79. The molecule has 1 amide bonds. The highest BCUT2D eigenvalue weighted by Crippen LogP contribution is 2.31. The Morgan fingerprint density at radius 1 is 1.07 bits per heavy atom. The third-order valence-electron chi connectivity index (χ3n) is 5.41. The molecule has 3 rings (SSSR count). The predicted octanol–water partition coefficient (Wildman–Crippen LogP) is 3.93. The van der Waals surface area contributed by atoms with Gasteiger partial charge in [-0.25, -0.2) is 0 Å². The van der Waals surface area contributed by atoms with Crippen LogP contribution in [-0.2, 0) is 29.3 Å². The molecule has 1 saturated carbocycles. The van der Waals surface area contributed by atoms with Gasteiger partial charge in [-0.3, -0.25) is 4.79 Å². The summed E-state index contributed by atoms with van der Waals surface area (Å²) < 4.78 is 5.80. The molecule has 27 heavy (non-hydrogen) atoms. The molecule has 0 spiro atoms. The van der Waals surface area contributed by atoms with Crippen molar-refractivity contribution in [2.45, 2.75) is 57.9 Å². The molecule has 0 heterocycles. The molecule has 144 valence electrons. The van der Waals surface area contributed by atoms with Crippen molar-refractivity contribution in [2.75, 3.05) is 0 Å². The van der Waals surface area contributed by atoms with Crippen molar-refractivity contribution >= 4 is 5.91 Å². The van der Waals surface area contributed by atoms with Gasteiger partial charge in [0.2, 0.25) is 5.91 Å². The number of rotatable bonds is 7. The number of hydrogen-bond donors (Lipinski definition) is 2. The quantitative estimate of drug-likeness (QED) is 0.780. The highest BCUT2D eigenvalue weighted by Gasteiger charge is 2.37. The molecule has 0 bridgehead atoms. The van der Waals surface area contributed by atoms with Gasteiger partial charge in [0.05, 0.1) is 19.1 Å². The molecule has 0 aromatic heterocycles. The Morgan fingerprint density at radius 3 is 2.56 bits per heavy atom. The van der Waals surface area contributed by atoms with Crippen LogP contribution in [0.3, 0.4) is 0 Å². The molecule has 2 atom stereocenters. The van der Waals surface area contributed by atoms with Crippen LogP contribution in [0.4, 0.5) is 0 Å². The van der Waals surface area contributed by atoms with Gasteiger partial charge >= 0.3 is 0 Å². The maximum absolute atomic E-state index is 12.6. The van der Waals surface area contributed by atoms with Crippen molar-refractivity contribution in [3.05, 3.63) is 71.3 Å². The first-order valence-corrected chi connectivity index (χ1v) is 9.81. The van der Waals surface area contributed by atoms with Crippen molar-refractivity contribution in [1.29, 1.82) is 0 Å². The summed E-state index contributed by atoms with van der Waals surface area (Å²) in [5.41, 5.74) is 9.31. The number of amides is 1. The number of carbonyl (C=O) groups is 1. The monoisotopic (exact) mass is 366 g/mol. The lowest BCUT2D eigenvalue weighted by Gasteiger charge is -2.37. The molecule has 0 radical (unpaired) electrons. The van der Waals surface area contributed by atoms with Crippen molar-refractivity contribution in [3.8, 4) is 0 Å². The van der Waals surface area contributed by atoms with Crippen molar-refractivity contribution < 1.29 is 9.53 Å². The zero-order valence-electron chi connectivity index (χ0n) is 16.1. The van der Waals surface area contributed by atoms with Crippen LogP contribution >= 0.6 is 0 Å². The highest BCUT2D eigenvalue weighted by molar-refractivity contribution is 5.80. The minimum absolute atomic E-state index is 0.0745. The summed E-state index contributed by atoms with van der Waals surface area (Å²) in [7, 11) is 0. The maximum atomic E-state index is 12.6. The third-order valence-corrected chi connectivity index (χ3v) is 5.41. The average Bonchev–Trinajstić information content (AvgIpc) is 2.67. The van der Waals surface area contributed by atoms with E-state index < -0.39 is 5.54 Å². The first-order chi connectivity index (χ1) is 13.0. The molecule has 1 aliphatic carbocycles. The molecule has 0 saturated heterocycles. The standard InChI is InChI=1S/C23H30N2O2/c1-23(24)13-6-5-12-21(23)22(26)25-15-19-10-7-11-20(14-19)17-27-16-18-8-3-2-4-9-18/h2-4,7-11,14,21H,5-6,12-13,15-17,24H2,1H3,(H,25,26). The topological polar surface area (TPSA) is 64.4 Å². The fraction of sp³-hybridized carbons (Fsp3) is 0.435. The second-order valence-electron chi connectivity index (χ2n) is 7.82. The van der Waals surface area contributed by atoms with Crippen LogP contribution in [0, 0.1) is 5.92 Å². The number of benzene rings is 2. The number of nitrogens with two attached hydrogens (primary N) is 1. The van der Waals surface area contributed by atoms with Gasteiger partial charge in [-0.2, -0.15) is 0 Å². The lowest BCUT2D eigenvalue weighted by molar-refractivity contribution is -0.128. The van der Waals surface area contributed by atoms with Gasteiger partial charge in [0, 0.05) is 12.1 Å². The molecule has 2 unspecified atom stereocenters. The summed E-state index contributed by atoms with van der Waals surface area (Å²) >= 11 is 0. The van der Waals surface area contributed by atoms with Gasteiger partial charge in [-0.1, -0.05) is 67.4 Å². The van der Waals surface area contributed by atoms with Gasteiger partial charge in [-0.15, -0.1) is 0 Å². The second kappa shape index (κ2) is 9.16. The molecule has 4 nitrogen and oxygen atoms in total. The fourth-order valence-electron chi connectivity index (χ4n) is 3.79. The number of carbonyl (C=O) groups excluding carboxylic acids is 1. The van der Waals surface area contributed by atoms with E-state index in [2.05, 4.69) is 29.6 Å². The van der Waals surface area contributed by atoms with Gasteiger partial charge in [0.25, 0.3) is 0 Å². The van der Waals surface area contributed by atoms with Crippen molar-refractivity contribution in [1.82, 2.24) is 5.32 Å². The minimum atomic E-state index is -0.393. The maximum Gasteiger partial charge on any atom is 0.225 e. The zero-order valence-corrected chi connectivity index (χ0v) is 16.1. The summed E-state index contributed by atoms with van der Waals surface area (Å²) in [6, 6.07) is 18.3. The molecule has 0 aliphatic heterocycles. The first-order valence-electron chi connectivity index (χ1n) is 9.81. The molecule has 4 heteroatoms. The molecular formula is C23H30N2O2. The lowest BCUT2D eigenvalue weighted by Crippen LogP contribution is -2.52. The van der Waals surface area contributed by atoms with Crippen molar-refractivity contribution in [3.63, 3.8) is 0 Å². The Bertz CT molecular complexity index is 743. The van der Waals surface area contributed by atoms with E-state index in [0.717, 1.165) is 36.8 Å². The smallest absolute Gasteiger partial charge is 0.225 e. The van der Waals surface area contributed by atoms with E-state index in [0.29, 0.717) is 19.8 Å². The summed E-state index contributed by atoms with van der Waals surface area (Å²) in [5.74, 6) is -0.0194. The molecular weight excluding hydrogens is 336 g/mol. The Morgan fingerprint density at radius 2 is 1.78 bits per heavy atom. The third kappa shape index (κ3) is 5.65. The Labute approximate surface area is 162 Å². The molecule has 1 fully saturated rings. The number of nitrogens with one attached hydrogen (secondary N) is 1. The number of ether oxygens (including phenoxy) is 1. The lowest BCUT2D eigenvalue weighted by atomic mass is 9.74. The summed E-state index contributed by atoms with van der Waals surface area (Å²) in [6.45, 7) is 3.68. The van der Waals surface area contributed by atoms with Crippen LogP contribution < -0.4 is 11.1 Å². The van der Waals surface area contributed by atoms with E-state index in [4.69, 9.17) is 10.5 Å². The van der Waals surface area contributed by atoms with Gasteiger partial charge < -0.3 is 15.8 Å². The van der Waals surface area contributed by atoms with Gasteiger partial charge in [0.15, 0.2) is 0 Å². The SMILES string of the molecule is CC1(N)CCCCC1C(=O)NCc1cccc(COCc2ccccc2)c1. The number of hydrogen-bond acceptors (Lipinski definition) is 3. The molecule has 2 aromatic carbocycles. The van der Waals surface area contributed by atoms with E-state index >= 15 is 0 Å². The minimum Gasteiger partial charge on any atom is -0.372 e. The molecule has 3 N–H and O–H groups in total. The Hall–Kier alpha value is -2.17. The Balaban J connectivity index is 1.49. The van der Waals surface area contributed by atoms with Gasteiger partial charge in [-0.05, 0) is 36.5 Å². The summed E-state index contributed by atoms with van der Waals surface area (Å²) in [4.78, 5) is 12.6. The summed E-state index contributed by atoms with van der Waals surface area (Å²) in [6.07, 6.45) is 3.99. The van der Waals surface area contributed by atoms with Crippen LogP contribution in [0.25, 0.3) is 0 Å². The molecule has 1 aliphatic rings. The zero-order chi connectivity index (χ0) is 19.1. The van der Waals surface area contributed by atoms with Crippen LogP contribution in [0.5, 0.6) is 0 Å². The first kappa shape index (κ1) is 19.6. The molecule has 2 aromatic rings. The van der Waals surface area contributed by atoms with Crippen LogP contribution in [0.15, 0.2) is 54.6 Å². The van der Waals surface area contributed by atoms with Crippen molar-refractivity contribution in [2.24, 2.45) is 11.7 Å². The van der Waals surface area contributed by atoms with E-state index in [1.54, 1.807) is 0 Å². The largest absolute Gasteiger partial charge is 0.372 e. The van der Waals surface area contributed by atoms with Crippen LogP contribution in [0.1, 0.15) is 49.3 Å². The van der Waals surface area contributed by atoms with Crippen LogP contribution in [0.2, 0.25) is 0 Å². The highest BCUT2D eigenvalue weighted by atomic mass is 16.5. The van der Waals surface area contributed by atoms with Crippen LogP contribution in [-0.4, -0.2) is 11.4 Å². The van der Waals surface area contributed by atoms with E-state index in [1.165, 1.54) is 5.56 Å². The van der Waals surface area contributed by atoms with E-state index in [-0.39, 0.29) is 11.8 Å². The Kier molecular flexibility index (Phi) is 6.64. The van der Waals surface area contributed by atoms with E-state index in [9.17, 15) is 4.79 Å². The second-order valence-corrected chi connectivity index (χ2v) is 7.82.